The Morgan fingerprint density at radius 1 is 1.28 bits per heavy atom. The smallest absolute Gasteiger partial charge is 0.193 e. The van der Waals surface area contributed by atoms with Crippen LogP contribution in [0.15, 0.2) is 29.3 Å². The molecule has 0 aliphatic carbocycles. The van der Waals surface area contributed by atoms with Crippen LogP contribution in [-0.2, 0) is 4.74 Å². The molecule has 2 aliphatic rings. The van der Waals surface area contributed by atoms with Gasteiger partial charge in [-0.15, -0.1) is 24.0 Å². The lowest BCUT2D eigenvalue weighted by Crippen LogP contribution is -2.42. The number of halogens is 1. The Hall–Kier alpha value is -1.22. The Bertz CT molecular complexity index is 559. The lowest BCUT2D eigenvalue weighted by Gasteiger charge is -2.24. The van der Waals surface area contributed by atoms with Crippen molar-refractivity contribution in [1.29, 1.82) is 0 Å². The molecule has 25 heavy (non-hydrogen) atoms. The molecule has 1 spiro atoms. The molecule has 2 aliphatic heterocycles. The summed E-state index contributed by atoms with van der Waals surface area (Å²) in [5.74, 6) is 2.63. The number of aliphatic imine (C=N–C) groups is 1. The van der Waals surface area contributed by atoms with Gasteiger partial charge in [0.05, 0.1) is 20.3 Å². The first-order valence-corrected chi connectivity index (χ1v) is 8.55. The normalized spacial score (nSPS) is 22.8. The molecule has 6 nitrogen and oxygen atoms in total. The molecule has 1 aromatic rings. The lowest BCUT2D eigenvalue weighted by molar-refractivity contribution is 0.156. The van der Waals surface area contributed by atoms with Crippen LogP contribution in [0.1, 0.15) is 12.8 Å². The molecule has 1 unspecified atom stereocenters. The highest BCUT2D eigenvalue weighted by Crippen LogP contribution is 2.38. The number of rotatable bonds is 5. The van der Waals surface area contributed by atoms with Crippen molar-refractivity contribution in [3.8, 4) is 11.5 Å². The third kappa shape index (κ3) is 5.13. The van der Waals surface area contributed by atoms with Gasteiger partial charge in [-0.25, -0.2) is 0 Å². The van der Waals surface area contributed by atoms with Crippen molar-refractivity contribution in [3.63, 3.8) is 0 Å². The molecule has 1 atom stereocenters. The summed E-state index contributed by atoms with van der Waals surface area (Å²) in [6, 6.07) is 7.63. The van der Waals surface area contributed by atoms with Gasteiger partial charge in [0.15, 0.2) is 5.96 Å². The fraction of sp³-hybridized carbons (Fsp3) is 0.611. The Kier molecular flexibility index (Phi) is 7.61. The molecule has 3 rings (SSSR count). The Morgan fingerprint density at radius 3 is 2.68 bits per heavy atom. The second-order valence-electron chi connectivity index (χ2n) is 6.47. The summed E-state index contributed by atoms with van der Waals surface area (Å²) in [4.78, 5) is 6.75. The molecule has 0 amide bonds. The highest BCUT2D eigenvalue weighted by Gasteiger charge is 2.42. The fourth-order valence-corrected chi connectivity index (χ4v) is 3.42. The molecule has 140 valence electrons. The van der Waals surface area contributed by atoms with Gasteiger partial charge in [-0.2, -0.15) is 0 Å². The van der Waals surface area contributed by atoms with Crippen molar-refractivity contribution in [3.05, 3.63) is 24.3 Å². The third-order valence-electron chi connectivity index (χ3n) is 4.85. The second kappa shape index (κ2) is 9.47. The van der Waals surface area contributed by atoms with Crippen LogP contribution in [0.4, 0.5) is 0 Å². The minimum atomic E-state index is 0. The zero-order valence-corrected chi connectivity index (χ0v) is 17.3. The van der Waals surface area contributed by atoms with Gasteiger partial charge in [-0.3, -0.25) is 4.99 Å². The number of nitrogens with one attached hydrogen (secondary N) is 1. The van der Waals surface area contributed by atoms with Crippen molar-refractivity contribution >= 4 is 29.9 Å². The molecule has 0 aromatic heterocycles. The van der Waals surface area contributed by atoms with Crippen LogP contribution >= 0.6 is 24.0 Å². The van der Waals surface area contributed by atoms with Crippen LogP contribution in [0.2, 0.25) is 0 Å². The van der Waals surface area contributed by atoms with Crippen LogP contribution in [0, 0.1) is 5.41 Å². The third-order valence-corrected chi connectivity index (χ3v) is 4.85. The first-order chi connectivity index (χ1) is 11.7. The number of guanidine groups is 1. The monoisotopic (exact) mass is 461 g/mol. The van der Waals surface area contributed by atoms with E-state index >= 15 is 0 Å². The molecule has 0 saturated carbocycles. The SMILES string of the molecule is CN=C(NCCOc1ccc(OC)cc1)N1CCC2(CCOC2)C1.I. The molecular weight excluding hydrogens is 433 g/mol. The summed E-state index contributed by atoms with van der Waals surface area (Å²) in [6.07, 6.45) is 2.36. The lowest BCUT2D eigenvalue weighted by atomic mass is 9.87. The largest absolute Gasteiger partial charge is 0.497 e. The van der Waals surface area contributed by atoms with Crippen molar-refractivity contribution in [2.75, 3.05) is 53.6 Å². The molecule has 2 saturated heterocycles. The van der Waals surface area contributed by atoms with Crippen LogP contribution in [0.3, 0.4) is 0 Å². The van der Waals surface area contributed by atoms with E-state index < -0.39 is 0 Å². The van der Waals surface area contributed by atoms with Crippen LogP contribution in [0.25, 0.3) is 0 Å². The molecule has 2 fully saturated rings. The average molecular weight is 461 g/mol. The predicted molar refractivity (Wildman–Crippen MR) is 109 cm³/mol. The fourth-order valence-electron chi connectivity index (χ4n) is 3.42. The topological polar surface area (TPSA) is 55.3 Å². The summed E-state index contributed by atoms with van der Waals surface area (Å²) in [5, 5.41) is 3.40. The van der Waals surface area contributed by atoms with Gasteiger partial charge < -0.3 is 24.4 Å². The van der Waals surface area contributed by atoms with E-state index in [9.17, 15) is 0 Å². The van der Waals surface area contributed by atoms with E-state index in [4.69, 9.17) is 14.2 Å². The summed E-state index contributed by atoms with van der Waals surface area (Å²) < 4.78 is 16.5. The number of hydrogen-bond donors (Lipinski definition) is 1. The number of benzene rings is 1. The maximum absolute atomic E-state index is 5.74. The van der Waals surface area contributed by atoms with E-state index in [1.165, 1.54) is 12.8 Å². The van der Waals surface area contributed by atoms with Crippen molar-refractivity contribution in [2.24, 2.45) is 10.4 Å². The summed E-state index contributed by atoms with van der Waals surface area (Å²) >= 11 is 0. The maximum atomic E-state index is 5.74. The van der Waals surface area contributed by atoms with Crippen LogP contribution in [-0.4, -0.2) is 64.5 Å². The quantitative estimate of drug-likeness (QED) is 0.316. The summed E-state index contributed by atoms with van der Waals surface area (Å²) in [7, 11) is 3.49. The highest BCUT2D eigenvalue weighted by molar-refractivity contribution is 14.0. The van der Waals surface area contributed by atoms with Gasteiger partial charge in [0, 0.05) is 32.2 Å². The molecule has 0 bridgehead atoms. The second-order valence-corrected chi connectivity index (χ2v) is 6.47. The first-order valence-electron chi connectivity index (χ1n) is 8.55. The van der Waals surface area contributed by atoms with Crippen molar-refractivity contribution < 1.29 is 14.2 Å². The van der Waals surface area contributed by atoms with Crippen LogP contribution in [0.5, 0.6) is 11.5 Å². The number of likely N-dealkylation sites (tertiary alicyclic amines) is 1. The number of ether oxygens (including phenoxy) is 3. The molecular formula is C18H28IN3O3. The number of hydrogen-bond acceptors (Lipinski definition) is 4. The van der Waals surface area contributed by atoms with Gasteiger partial charge in [0.1, 0.15) is 18.1 Å². The van der Waals surface area contributed by atoms with E-state index in [-0.39, 0.29) is 24.0 Å². The first kappa shape index (κ1) is 20.1. The Labute approximate surface area is 166 Å². The molecule has 1 N–H and O–H groups in total. The molecule has 0 radical (unpaired) electrons. The van der Waals surface area contributed by atoms with E-state index in [1.807, 2.05) is 31.3 Å². The maximum Gasteiger partial charge on any atom is 0.193 e. The van der Waals surface area contributed by atoms with Crippen molar-refractivity contribution in [1.82, 2.24) is 10.2 Å². The van der Waals surface area contributed by atoms with Gasteiger partial charge in [-0.1, -0.05) is 0 Å². The van der Waals surface area contributed by atoms with E-state index in [1.54, 1.807) is 7.11 Å². The average Bonchev–Trinajstić information content (AvgIpc) is 3.26. The standard InChI is InChI=1S/C18H27N3O3.HI/c1-19-17(21-10-7-18(13-21)8-11-23-14-18)20-9-12-24-16-5-3-15(22-2)4-6-16;/h3-6H,7-14H2,1-2H3,(H,19,20);1H. The van der Waals surface area contributed by atoms with E-state index in [2.05, 4.69) is 15.2 Å². The van der Waals surface area contributed by atoms with Gasteiger partial charge >= 0.3 is 0 Å². The van der Waals surface area contributed by atoms with E-state index in [0.29, 0.717) is 12.0 Å². The zero-order valence-electron chi connectivity index (χ0n) is 15.0. The molecule has 1 aromatic carbocycles. The minimum absolute atomic E-state index is 0. The highest BCUT2D eigenvalue weighted by atomic mass is 127. The van der Waals surface area contributed by atoms with Crippen molar-refractivity contribution in [2.45, 2.75) is 12.8 Å². The minimum Gasteiger partial charge on any atom is -0.497 e. The number of methoxy groups -OCH3 is 1. The Balaban J connectivity index is 0.00000225. The Morgan fingerprint density at radius 2 is 2.04 bits per heavy atom. The van der Waals surface area contributed by atoms with Gasteiger partial charge in [-0.05, 0) is 37.1 Å². The summed E-state index contributed by atoms with van der Waals surface area (Å²) in [5.41, 5.74) is 0.344. The zero-order chi connectivity index (χ0) is 16.8. The predicted octanol–water partition coefficient (Wildman–Crippen LogP) is 2.38. The van der Waals surface area contributed by atoms with E-state index in [0.717, 1.165) is 50.3 Å². The molecule has 2 heterocycles. The number of nitrogens with zero attached hydrogens (tertiary/aromatic N) is 2. The van der Waals surface area contributed by atoms with Crippen LogP contribution < -0.4 is 14.8 Å². The van der Waals surface area contributed by atoms with Gasteiger partial charge in [0.25, 0.3) is 0 Å². The molecule has 7 heteroatoms. The van der Waals surface area contributed by atoms with Gasteiger partial charge in [0.2, 0.25) is 0 Å². The summed E-state index contributed by atoms with van der Waals surface area (Å²) in [6.45, 7) is 5.18.